The lowest BCUT2D eigenvalue weighted by molar-refractivity contribution is -0.231. The first-order valence-electron chi connectivity index (χ1n) is 11.1. The monoisotopic (exact) mass is 480 g/mol. The Labute approximate surface area is 193 Å². The molecule has 34 heavy (non-hydrogen) atoms. The number of halogens is 2. The molecule has 4 aliphatic rings. The second-order valence-corrected chi connectivity index (χ2v) is 9.37. The molecule has 1 aliphatic heterocycles. The zero-order valence-electron chi connectivity index (χ0n) is 18.8. The van der Waals surface area contributed by atoms with E-state index in [1.807, 2.05) is 0 Å². The Morgan fingerprint density at radius 2 is 2.12 bits per heavy atom. The third kappa shape index (κ3) is 4.75. The maximum Gasteiger partial charge on any atom is 0.407 e. The predicted molar refractivity (Wildman–Crippen MR) is 112 cm³/mol. The van der Waals surface area contributed by atoms with E-state index < -0.39 is 24.7 Å². The van der Waals surface area contributed by atoms with Crippen molar-refractivity contribution in [1.82, 2.24) is 25.3 Å². The van der Waals surface area contributed by atoms with Gasteiger partial charge in [0.15, 0.2) is 5.82 Å². The molecule has 0 spiro atoms. The highest BCUT2D eigenvalue weighted by molar-refractivity contribution is 6.02. The van der Waals surface area contributed by atoms with Crippen LogP contribution in [0.1, 0.15) is 60.6 Å². The van der Waals surface area contributed by atoms with E-state index in [1.54, 1.807) is 6.07 Å². The van der Waals surface area contributed by atoms with E-state index in [2.05, 4.69) is 30.7 Å². The van der Waals surface area contributed by atoms with E-state index in [0.717, 1.165) is 25.2 Å². The van der Waals surface area contributed by atoms with Crippen LogP contribution in [0.5, 0.6) is 0 Å². The number of amides is 2. The summed E-state index contributed by atoms with van der Waals surface area (Å²) < 4.78 is 42.7. The molecule has 3 aliphatic carbocycles. The van der Waals surface area contributed by atoms with Crippen molar-refractivity contribution in [2.45, 2.75) is 63.1 Å². The number of hydrogen-bond donors (Lipinski definition) is 3. The Balaban J connectivity index is 1.12. The van der Waals surface area contributed by atoms with Gasteiger partial charge in [0.25, 0.3) is 5.91 Å². The van der Waals surface area contributed by atoms with Crippen molar-refractivity contribution >= 4 is 17.8 Å². The van der Waals surface area contributed by atoms with E-state index in [9.17, 15) is 18.4 Å². The highest BCUT2D eigenvalue weighted by Gasteiger charge is 2.57. The van der Waals surface area contributed by atoms with Crippen LogP contribution in [0.3, 0.4) is 0 Å². The summed E-state index contributed by atoms with van der Waals surface area (Å²) in [6.07, 6.45) is -0.852. The summed E-state index contributed by atoms with van der Waals surface area (Å²) in [5.41, 5.74) is 0.938. The van der Waals surface area contributed by atoms with Gasteiger partial charge in [-0.3, -0.25) is 14.6 Å². The van der Waals surface area contributed by atoms with Crippen LogP contribution in [0, 0.1) is 5.92 Å². The molecule has 4 fully saturated rings. The lowest BCUT2D eigenvalue weighted by Crippen LogP contribution is -2.68. The van der Waals surface area contributed by atoms with E-state index in [4.69, 9.17) is 9.47 Å². The molecule has 1 saturated heterocycles. The third-order valence-corrected chi connectivity index (χ3v) is 6.46. The molecule has 6 rings (SSSR count). The molecule has 2 atom stereocenters. The summed E-state index contributed by atoms with van der Waals surface area (Å²) in [5.74, 6) is 0.507. The number of carbonyl (C=O) groups excluding carboxylic acids is 2. The van der Waals surface area contributed by atoms with E-state index in [1.165, 1.54) is 17.8 Å². The fourth-order valence-electron chi connectivity index (χ4n) is 4.68. The number of alkyl halides is 2. The zero-order chi connectivity index (χ0) is 24.1. The number of rotatable bonds is 8. The molecular weight excluding hydrogens is 454 g/mol. The number of aromatic amines is 1. The highest BCUT2D eigenvalue weighted by Crippen LogP contribution is 2.56. The first-order valence-corrected chi connectivity index (χ1v) is 11.1. The molecule has 11 nitrogen and oxygen atoms in total. The number of aryl methyl sites for hydroxylation is 1. The minimum Gasteiger partial charge on any atom is -0.444 e. The van der Waals surface area contributed by atoms with Gasteiger partial charge >= 0.3 is 12.2 Å². The lowest BCUT2D eigenvalue weighted by Gasteiger charge is -2.61. The number of hydrogen-bond acceptors (Lipinski definition) is 7. The van der Waals surface area contributed by atoms with Gasteiger partial charge in [-0.15, -0.1) is 0 Å². The van der Waals surface area contributed by atoms with Crippen LogP contribution in [0.25, 0.3) is 0 Å². The van der Waals surface area contributed by atoms with Gasteiger partial charge in [-0.1, -0.05) is 0 Å². The van der Waals surface area contributed by atoms with Crippen LogP contribution < -0.4 is 10.6 Å². The molecule has 3 N–H and O–H groups in total. The second-order valence-electron chi connectivity index (χ2n) is 9.37. The van der Waals surface area contributed by atoms with E-state index >= 15 is 0 Å². The summed E-state index contributed by atoms with van der Waals surface area (Å²) in [7, 11) is 1.52. The Morgan fingerprint density at radius 1 is 1.35 bits per heavy atom. The van der Waals surface area contributed by atoms with Crippen molar-refractivity contribution in [3.05, 3.63) is 29.2 Å². The van der Waals surface area contributed by atoms with Crippen molar-refractivity contribution in [1.29, 1.82) is 0 Å². The summed E-state index contributed by atoms with van der Waals surface area (Å²) >= 11 is 0. The Kier molecular flexibility index (Phi) is 5.55. The summed E-state index contributed by atoms with van der Waals surface area (Å²) in [6.45, 7) is 0.469. The molecule has 2 aromatic rings. The molecule has 2 bridgehead atoms. The minimum atomic E-state index is -3.29. The maximum atomic E-state index is 12.9. The molecule has 3 heterocycles. The van der Waals surface area contributed by atoms with Crippen molar-refractivity contribution in [3.8, 4) is 0 Å². The molecular formula is C21H26F2N6O5. The molecule has 184 valence electrons. The van der Waals surface area contributed by atoms with Crippen LogP contribution in [-0.4, -0.2) is 56.3 Å². The average Bonchev–Trinajstić information content (AvgIpc) is 3.41. The molecule has 0 unspecified atom stereocenters. The summed E-state index contributed by atoms with van der Waals surface area (Å²) in [6, 6.07) is 3.00. The van der Waals surface area contributed by atoms with Gasteiger partial charge in [0.2, 0.25) is 0 Å². The Hall–Kier alpha value is -3.06. The van der Waals surface area contributed by atoms with Crippen LogP contribution in [0.15, 0.2) is 12.1 Å². The maximum absolute atomic E-state index is 12.9. The molecule has 13 heteroatoms. The quantitative estimate of drug-likeness (QED) is 0.529. The average molecular weight is 480 g/mol. The SMILES string of the molecule is Cn1nc(COC(C)(F)F)cc1C(=O)Nc1cc([C@H]2C[C@@H](OC(=O)NC34CC(C3)C4)CO2)[nH]n1. The van der Waals surface area contributed by atoms with Crippen molar-refractivity contribution in [2.75, 3.05) is 11.9 Å². The Morgan fingerprint density at radius 3 is 2.79 bits per heavy atom. The predicted octanol–water partition coefficient (Wildman–Crippen LogP) is 2.63. The first kappa shape index (κ1) is 22.7. The molecule has 2 aromatic heterocycles. The molecule has 3 saturated carbocycles. The standard InChI is InChI=1S/C21H26F2N6O5/c1-20(22,23)33-9-12-3-15(29(2)28-12)18(30)24-17-5-14(26-27-17)16-4-13(10-32-16)34-19(31)25-21-6-11(7-21)8-21/h3,5,11,13,16H,4,6-10H2,1-2H3,(H,25,31)(H2,24,26,27,30)/t11?,13-,16-,21?/m1/s1. The van der Waals surface area contributed by atoms with Gasteiger partial charge < -0.3 is 24.8 Å². The van der Waals surface area contributed by atoms with Crippen molar-refractivity contribution < 1.29 is 32.6 Å². The van der Waals surface area contributed by atoms with Gasteiger partial charge in [0.05, 0.1) is 24.6 Å². The Bertz CT molecular complexity index is 1080. The number of ether oxygens (including phenoxy) is 3. The number of nitrogens with one attached hydrogen (secondary N) is 3. The smallest absolute Gasteiger partial charge is 0.407 e. The normalized spacial score (nSPS) is 27.6. The second kappa shape index (κ2) is 8.31. The molecule has 0 aromatic carbocycles. The zero-order valence-corrected chi connectivity index (χ0v) is 18.8. The number of anilines is 1. The van der Waals surface area contributed by atoms with Crippen molar-refractivity contribution in [2.24, 2.45) is 13.0 Å². The van der Waals surface area contributed by atoms with E-state index in [-0.39, 0.29) is 41.6 Å². The lowest BCUT2D eigenvalue weighted by atomic mass is 9.50. The summed E-state index contributed by atoms with van der Waals surface area (Å²) in [5, 5.41) is 16.5. The molecule has 0 radical (unpaired) electrons. The first-order chi connectivity index (χ1) is 16.1. The number of aromatic nitrogens is 4. The number of carbonyl (C=O) groups is 2. The largest absolute Gasteiger partial charge is 0.444 e. The van der Waals surface area contributed by atoms with Gasteiger partial charge in [-0.2, -0.15) is 19.0 Å². The van der Waals surface area contributed by atoms with Crippen LogP contribution in [0.2, 0.25) is 0 Å². The fraction of sp³-hybridized carbons (Fsp3) is 0.619. The van der Waals surface area contributed by atoms with Crippen LogP contribution in [-0.2, 0) is 27.9 Å². The highest BCUT2D eigenvalue weighted by atomic mass is 19.3. The summed E-state index contributed by atoms with van der Waals surface area (Å²) in [4.78, 5) is 24.7. The number of alkyl carbamates (subject to hydrolysis) is 1. The number of H-pyrrole nitrogens is 1. The van der Waals surface area contributed by atoms with Gasteiger partial charge in [0, 0.05) is 32.0 Å². The van der Waals surface area contributed by atoms with Gasteiger partial charge in [-0.25, -0.2) is 4.79 Å². The fourth-order valence-corrected chi connectivity index (χ4v) is 4.68. The minimum absolute atomic E-state index is 0.0418. The van der Waals surface area contributed by atoms with Gasteiger partial charge in [0.1, 0.15) is 17.9 Å². The topological polar surface area (TPSA) is 132 Å². The third-order valence-electron chi connectivity index (χ3n) is 6.46. The van der Waals surface area contributed by atoms with Crippen LogP contribution in [0.4, 0.5) is 19.4 Å². The molecule has 2 amide bonds. The van der Waals surface area contributed by atoms with Crippen LogP contribution >= 0.6 is 0 Å². The van der Waals surface area contributed by atoms with Crippen molar-refractivity contribution in [3.63, 3.8) is 0 Å². The van der Waals surface area contributed by atoms with E-state index in [0.29, 0.717) is 19.0 Å². The number of nitrogens with zero attached hydrogens (tertiary/aromatic N) is 3. The van der Waals surface area contributed by atoms with Gasteiger partial charge in [-0.05, 0) is 31.2 Å².